The predicted octanol–water partition coefficient (Wildman–Crippen LogP) is 4.80. The highest BCUT2D eigenvalue weighted by Gasteiger charge is 1.97. The number of benzene rings is 2. The Morgan fingerprint density at radius 1 is 0.933 bits per heavy atom. The summed E-state index contributed by atoms with van der Waals surface area (Å²) < 4.78 is 0. The third-order valence-electron chi connectivity index (χ3n) is 2.05. The van der Waals surface area contributed by atoms with Crippen molar-refractivity contribution in [1.82, 2.24) is 0 Å². The van der Waals surface area contributed by atoms with Crippen LogP contribution in [0.25, 0.3) is 0 Å². The topological polar surface area (TPSA) is 0 Å². The van der Waals surface area contributed by atoms with Gasteiger partial charge >= 0.3 is 0 Å². The number of rotatable bonds is 2. The fraction of sp³-hybridized carbons (Fsp3) is 0.0769. The molecule has 0 fully saturated rings. The van der Waals surface area contributed by atoms with Crippen LogP contribution in [0.1, 0.15) is 5.56 Å². The van der Waals surface area contributed by atoms with E-state index in [1.807, 2.05) is 18.2 Å². The highest BCUT2D eigenvalue weighted by molar-refractivity contribution is 7.99. The number of aryl methyl sites for hydroxylation is 1. The molecule has 0 saturated carbocycles. The van der Waals surface area contributed by atoms with Crippen LogP contribution in [-0.4, -0.2) is 0 Å². The SMILES string of the molecule is Cc1ccc(Sc2cccc(Cl)c2)cc1. The molecule has 0 bridgehead atoms. The van der Waals surface area contributed by atoms with Gasteiger partial charge in [0.05, 0.1) is 0 Å². The van der Waals surface area contributed by atoms with Gasteiger partial charge in [0.1, 0.15) is 0 Å². The van der Waals surface area contributed by atoms with Gasteiger partial charge in [0.25, 0.3) is 0 Å². The molecule has 0 aliphatic heterocycles. The van der Waals surface area contributed by atoms with Crippen LogP contribution in [0.15, 0.2) is 58.3 Å². The van der Waals surface area contributed by atoms with Gasteiger partial charge in [-0.1, -0.05) is 47.1 Å². The lowest BCUT2D eigenvalue weighted by molar-refractivity contribution is 1.36. The molecule has 0 amide bonds. The van der Waals surface area contributed by atoms with Crippen LogP contribution in [0.2, 0.25) is 5.02 Å². The Labute approximate surface area is 99.3 Å². The van der Waals surface area contributed by atoms with E-state index < -0.39 is 0 Å². The fourth-order valence-electron chi connectivity index (χ4n) is 1.27. The van der Waals surface area contributed by atoms with Crippen LogP contribution in [0.4, 0.5) is 0 Å². The second-order valence-corrected chi connectivity index (χ2v) is 4.96. The first kappa shape index (κ1) is 10.6. The molecule has 0 atom stereocenters. The molecule has 0 radical (unpaired) electrons. The molecular formula is C13H11ClS. The summed E-state index contributed by atoms with van der Waals surface area (Å²) in [6.07, 6.45) is 0. The maximum Gasteiger partial charge on any atom is 0.0417 e. The standard InChI is InChI=1S/C13H11ClS/c1-10-5-7-12(8-6-10)15-13-4-2-3-11(14)9-13/h2-9H,1H3. The van der Waals surface area contributed by atoms with Gasteiger partial charge in [-0.25, -0.2) is 0 Å². The molecule has 76 valence electrons. The van der Waals surface area contributed by atoms with Crippen molar-refractivity contribution in [1.29, 1.82) is 0 Å². The lowest BCUT2D eigenvalue weighted by Crippen LogP contribution is -1.75. The van der Waals surface area contributed by atoms with E-state index in [9.17, 15) is 0 Å². The lowest BCUT2D eigenvalue weighted by atomic mass is 10.2. The summed E-state index contributed by atoms with van der Waals surface area (Å²) in [4.78, 5) is 2.41. The van der Waals surface area contributed by atoms with Crippen molar-refractivity contribution >= 4 is 23.4 Å². The van der Waals surface area contributed by atoms with Crippen LogP contribution in [0, 0.1) is 6.92 Å². The molecule has 2 heteroatoms. The molecule has 0 aromatic heterocycles. The van der Waals surface area contributed by atoms with Crippen molar-refractivity contribution in [2.45, 2.75) is 16.7 Å². The predicted molar refractivity (Wildman–Crippen MR) is 66.8 cm³/mol. The average molecular weight is 235 g/mol. The van der Waals surface area contributed by atoms with Crippen LogP contribution >= 0.6 is 23.4 Å². The number of halogens is 1. The number of hydrogen-bond donors (Lipinski definition) is 0. The minimum Gasteiger partial charge on any atom is -0.0901 e. The Morgan fingerprint density at radius 2 is 1.67 bits per heavy atom. The van der Waals surface area contributed by atoms with Gasteiger partial charge in [-0.2, -0.15) is 0 Å². The Morgan fingerprint density at radius 3 is 2.33 bits per heavy atom. The van der Waals surface area contributed by atoms with Crippen molar-refractivity contribution in [3.05, 3.63) is 59.1 Å². The molecule has 2 rings (SSSR count). The normalized spacial score (nSPS) is 10.3. The third-order valence-corrected chi connectivity index (χ3v) is 3.29. The van der Waals surface area contributed by atoms with E-state index in [-0.39, 0.29) is 0 Å². The summed E-state index contributed by atoms with van der Waals surface area (Å²) in [5.74, 6) is 0. The first-order valence-corrected chi connectivity index (χ1v) is 5.93. The van der Waals surface area contributed by atoms with E-state index in [0.29, 0.717) is 0 Å². The molecule has 0 aliphatic rings. The van der Waals surface area contributed by atoms with E-state index in [1.165, 1.54) is 15.4 Å². The third kappa shape index (κ3) is 3.01. The van der Waals surface area contributed by atoms with Crippen LogP contribution < -0.4 is 0 Å². The van der Waals surface area contributed by atoms with Crippen molar-refractivity contribution < 1.29 is 0 Å². The summed E-state index contributed by atoms with van der Waals surface area (Å²) in [7, 11) is 0. The molecule has 15 heavy (non-hydrogen) atoms. The Kier molecular flexibility index (Phi) is 3.34. The van der Waals surface area contributed by atoms with E-state index in [2.05, 4.69) is 37.3 Å². The minimum absolute atomic E-state index is 0.784. The fourth-order valence-corrected chi connectivity index (χ4v) is 2.40. The molecule has 0 aliphatic carbocycles. The zero-order valence-corrected chi connectivity index (χ0v) is 9.98. The van der Waals surface area contributed by atoms with Crippen LogP contribution in [-0.2, 0) is 0 Å². The average Bonchev–Trinajstić information content (AvgIpc) is 2.22. The van der Waals surface area contributed by atoms with E-state index in [1.54, 1.807) is 11.8 Å². The second kappa shape index (κ2) is 4.73. The quantitative estimate of drug-likeness (QED) is 0.719. The zero-order chi connectivity index (χ0) is 10.7. The maximum absolute atomic E-state index is 5.92. The summed E-state index contributed by atoms with van der Waals surface area (Å²) >= 11 is 7.65. The smallest absolute Gasteiger partial charge is 0.0417 e. The first-order valence-electron chi connectivity index (χ1n) is 4.74. The highest BCUT2D eigenvalue weighted by Crippen LogP contribution is 2.29. The molecule has 0 N–H and O–H groups in total. The van der Waals surface area contributed by atoms with Gasteiger partial charge < -0.3 is 0 Å². The molecule has 2 aromatic rings. The second-order valence-electron chi connectivity index (χ2n) is 3.37. The minimum atomic E-state index is 0.784. The Bertz CT molecular complexity index is 448. The van der Waals surface area contributed by atoms with E-state index in [4.69, 9.17) is 11.6 Å². The maximum atomic E-state index is 5.92. The first-order chi connectivity index (χ1) is 7.24. The molecular weight excluding hydrogens is 224 g/mol. The van der Waals surface area contributed by atoms with Gasteiger partial charge in [0, 0.05) is 14.8 Å². The summed E-state index contributed by atoms with van der Waals surface area (Å²) in [6.45, 7) is 2.09. The molecule has 0 saturated heterocycles. The van der Waals surface area contributed by atoms with Gasteiger partial charge in [-0.3, -0.25) is 0 Å². The highest BCUT2D eigenvalue weighted by atomic mass is 35.5. The summed E-state index contributed by atoms with van der Waals surface area (Å²) in [5, 5.41) is 0.784. The molecule has 0 unspecified atom stereocenters. The molecule has 2 aromatic carbocycles. The van der Waals surface area contributed by atoms with Gasteiger partial charge in [-0.05, 0) is 37.3 Å². The largest absolute Gasteiger partial charge is 0.0901 e. The van der Waals surface area contributed by atoms with E-state index in [0.717, 1.165) is 5.02 Å². The van der Waals surface area contributed by atoms with Crippen LogP contribution in [0.3, 0.4) is 0 Å². The summed E-state index contributed by atoms with van der Waals surface area (Å²) in [5.41, 5.74) is 1.28. The van der Waals surface area contributed by atoms with Crippen LogP contribution in [0.5, 0.6) is 0 Å². The lowest BCUT2D eigenvalue weighted by Gasteiger charge is -2.02. The Hall–Kier alpha value is -0.920. The van der Waals surface area contributed by atoms with Crippen molar-refractivity contribution in [2.24, 2.45) is 0 Å². The monoisotopic (exact) mass is 234 g/mol. The van der Waals surface area contributed by atoms with Gasteiger partial charge in [-0.15, -0.1) is 0 Å². The number of hydrogen-bond acceptors (Lipinski definition) is 1. The zero-order valence-electron chi connectivity index (χ0n) is 8.41. The van der Waals surface area contributed by atoms with Gasteiger partial charge in [0.2, 0.25) is 0 Å². The summed E-state index contributed by atoms with van der Waals surface area (Å²) in [6, 6.07) is 16.4. The van der Waals surface area contributed by atoms with Crippen molar-refractivity contribution in [3.63, 3.8) is 0 Å². The van der Waals surface area contributed by atoms with Gasteiger partial charge in [0.15, 0.2) is 0 Å². The molecule has 0 nitrogen and oxygen atoms in total. The van der Waals surface area contributed by atoms with Crippen molar-refractivity contribution in [3.8, 4) is 0 Å². The van der Waals surface area contributed by atoms with E-state index >= 15 is 0 Å². The Balaban J connectivity index is 2.18. The molecule has 0 spiro atoms. The van der Waals surface area contributed by atoms with Crippen molar-refractivity contribution in [2.75, 3.05) is 0 Å². The molecule has 0 heterocycles.